The lowest BCUT2D eigenvalue weighted by Crippen LogP contribution is -2.16. The van der Waals surface area contributed by atoms with E-state index in [-0.39, 0.29) is 11.9 Å². The quantitative estimate of drug-likeness (QED) is 0.837. The van der Waals surface area contributed by atoms with E-state index in [2.05, 4.69) is 36.2 Å². The molecule has 3 nitrogen and oxygen atoms in total. The molecule has 116 valence electrons. The highest BCUT2D eigenvalue weighted by Gasteiger charge is 2.25. The van der Waals surface area contributed by atoms with E-state index in [1.807, 2.05) is 13.0 Å². The van der Waals surface area contributed by atoms with Crippen molar-refractivity contribution < 1.29 is 9.53 Å². The molecule has 1 aromatic heterocycles. The van der Waals surface area contributed by atoms with Crippen molar-refractivity contribution in [2.45, 2.75) is 39.5 Å². The van der Waals surface area contributed by atoms with Gasteiger partial charge >= 0.3 is 5.97 Å². The number of hydrogen-bond acceptors (Lipinski definition) is 2. The van der Waals surface area contributed by atoms with Gasteiger partial charge in [-0.25, -0.2) is 0 Å². The van der Waals surface area contributed by atoms with Gasteiger partial charge in [-0.05, 0) is 56.2 Å². The van der Waals surface area contributed by atoms with Crippen LogP contribution in [0.15, 0.2) is 30.3 Å². The number of para-hydroxylation sites is 1. The summed E-state index contributed by atoms with van der Waals surface area (Å²) < 4.78 is 5.14. The predicted octanol–water partition coefficient (Wildman–Crippen LogP) is 4.61. The van der Waals surface area contributed by atoms with Crippen LogP contribution >= 0.6 is 0 Å². The number of nitrogens with one attached hydrogen (secondary N) is 1. The highest BCUT2D eigenvalue weighted by Crippen LogP contribution is 2.37. The normalized spacial score (nSPS) is 18.3. The number of aromatic nitrogens is 1. The molecule has 0 aliphatic heterocycles. The molecule has 0 radical (unpaired) electrons. The number of carbonyl (C=O) groups is 1. The summed E-state index contributed by atoms with van der Waals surface area (Å²) in [7, 11) is 0. The maximum atomic E-state index is 11.9. The van der Waals surface area contributed by atoms with Crippen LogP contribution in [0.25, 0.3) is 16.5 Å². The standard InChI is InChI=1S/C19H23NO2/c1-3-22-18(21)12-14-8-4-5-10-16(14)19-13(2)15-9-6-7-11-17(15)20-19/h6-7,9-11,14,20H,3-5,8,12H2,1-2H3. The van der Waals surface area contributed by atoms with Gasteiger partial charge in [0.2, 0.25) is 0 Å². The minimum absolute atomic E-state index is 0.0888. The number of esters is 1. The van der Waals surface area contributed by atoms with Crippen LogP contribution in [0.5, 0.6) is 0 Å². The second kappa shape index (κ2) is 6.39. The minimum atomic E-state index is -0.0888. The Morgan fingerprint density at radius 3 is 2.95 bits per heavy atom. The van der Waals surface area contributed by atoms with Gasteiger partial charge in [-0.3, -0.25) is 4.79 Å². The first kappa shape index (κ1) is 14.9. The minimum Gasteiger partial charge on any atom is -0.466 e. The van der Waals surface area contributed by atoms with Crippen molar-refractivity contribution in [2.75, 3.05) is 6.61 Å². The van der Waals surface area contributed by atoms with Crippen molar-refractivity contribution in [1.29, 1.82) is 0 Å². The summed E-state index contributed by atoms with van der Waals surface area (Å²) >= 11 is 0. The van der Waals surface area contributed by atoms with E-state index >= 15 is 0 Å². The molecule has 1 N–H and O–H groups in total. The van der Waals surface area contributed by atoms with Crippen molar-refractivity contribution in [1.82, 2.24) is 4.98 Å². The Morgan fingerprint density at radius 1 is 1.36 bits per heavy atom. The maximum absolute atomic E-state index is 11.9. The second-order valence-electron chi connectivity index (χ2n) is 5.97. The van der Waals surface area contributed by atoms with Gasteiger partial charge in [-0.2, -0.15) is 0 Å². The third-order valence-corrected chi connectivity index (χ3v) is 4.53. The lowest BCUT2D eigenvalue weighted by molar-refractivity contribution is -0.143. The summed E-state index contributed by atoms with van der Waals surface area (Å²) in [5.74, 6) is 0.175. The second-order valence-corrected chi connectivity index (χ2v) is 5.97. The number of rotatable bonds is 4. The van der Waals surface area contributed by atoms with Crippen molar-refractivity contribution in [2.24, 2.45) is 5.92 Å². The first-order valence-electron chi connectivity index (χ1n) is 8.14. The number of fused-ring (bicyclic) bond motifs is 1. The van der Waals surface area contributed by atoms with Gasteiger partial charge in [0.05, 0.1) is 13.0 Å². The summed E-state index contributed by atoms with van der Waals surface area (Å²) in [6.07, 6.45) is 6.06. The van der Waals surface area contributed by atoms with Crippen LogP contribution in [0.3, 0.4) is 0 Å². The molecule has 1 aliphatic rings. The molecule has 1 unspecified atom stereocenters. The molecule has 0 saturated carbocycles. The number of aryl methyl sites for hydroxylation is 1. The fourth-order valence-electron chi connectivity index (χ4n) is 3.45. The Kier molecular flexibility index (Phi) is 4.32. The molecule has 1 heterocycles. The van der Waals surface area contributed by atoms with Crippen LogP contribution in [0, 0.1) is 12.8 Å². The molecule has 0 spiro atoms. The summed E-state index contributed by atoms with van der Waals surface area (Å²) in [6, 6.07) is 8.37. The van der Waals surface area contributed by atoms with Crippen molar-refractivity contribution in [3.8, 4) is 0 Å². The number of hydrogen-bond donors (Lipinski definition) is 1. The third kappa shape index (κ3) is 2.80. The molecule has 22 heavy (non-hydrogen) atoms. The molecular weight excluding hydrogens is 274 g/mol. The Balaban J connectivity index is 1.94. The van der Waals surface area contributed by atoms with Gasteiger partial charge in [-0.1, -0.05) is 24.3 Å². The number of carbonyl (C=O) groups excluding carboxylic acids is 1. The summed E-state index contributed by atoms with van der Waals surface area (Å²) in [5.41, 5.74) is 4.91. The summed E-state index contributed by atoms with van der Waals surface area (Å²) in [5, 5.41) is 1.26. The molecule has 0 fully saturated rings. The Hall–Kier alpha value is -2.03. The Morgan fingerprint density at radius 2 is 2.18 bits per heavy atom. The van der Waals surface area contributed by atoms with Crippen molar-refractivity contribution >= 4 is 22.4 Å². The van der Waals surface area contributed by atoms with Gasteiger partial charge in [0.15, 0.2) is 0 Å². The molecule has 1 aromatic carbocycles. The number of allylic oxidation sites excluding steroid dienone is 2. The van der Waals surface area contributed by atoms with Crippen LogP contribution in [0.2, 0.25) is 0 Å². The van der Waals surface area contributed by atoms with E-state index in [0.29, 0.717) is 13.0 Å². The lowest BCUT2D eigenvalue weighted by atomic mass is 9.83. The molecule has 1 aliphatic carbocycles. The van der Waals surface area contributed by atoms with Gasteiger partial charge in [0, 0.05) is 16.6 Å². The lowest BCUT2D eigenvalue weighted by Gasteiger charge is -2.23. The van der Waals surface area contributed by atoms with E-state index in [0.717, 1.165) is 24.8 Å². The molecule has 3 heteroatoms. The fraction of sp³-hybridized carbons (Fsp3) is 0.421. The van der Waals surface area contributed by atoms with Crippen LogP contribution in [-0.2, 0) is 9.53 Å². The monoisotopic (exact) mass is 297 g/mol. The van der Waals surface area contributed by atoms with Gasteiger partial charge in [0.25, 0.3) is 0 Å². The fourth-order valence-corrected chi connectivity index (χ4v) is 3.45. The third-order valence-electron chi connectivity index (χ3n) is 4.53. The predicted molar refractivity (Wildman–Crippen MR) is 89.6 cm³/mol. The zero-order chi connectivity index (χ0) is 15.5. The molecule has 3 rings (SSSR count). The van der Waals surface area contributed by atoms with E-state index < -0.39 is 0 Å². The van der Waals surface area contributed by atoms with E-state index in [1.165, 1.54) is 22.2 Å². The summed E-state index contributed by atoms with van der Waals surface area (Å²) in [4.78, 5) is 15.4. The van der Waals surface area contributed by atoms with Gasteiger partial charge < -0.3 is 9.72 Å². The topological polar surface area (TPSA) is 42.1 Å². The summed E-state index contributed by atoms with van der Waals surface area (Å²) in [6.45, 7) is 4.47. The van der Waals surface area contributed by atoms with Crippen LogP contribution in [-0.4, -0.2) is 17.6 Å². The van der Waals surface area contributed by atoms with E-state index in [9.17, 15) is 4.79 Å². The number of aromatic amines is 1. The maximum Gasteiger partial charge on any atom is 0.306 e. The van der Waals surface area contributed by atoms with Crippen LogP contribution < -0.4 is 0 Å². The van der Waals surface area contributed by atoms with E-state index in [4.69, 9.17) is 4.74 Å². The Bertz CT molecular complexity index is 711. The van der Waals surface area contributed by atoms with E-state index in [1.54, 1.807) is 0 Å². The van der Waals surface area contributed by atoms with Crippen LogP contribution in [0.4, 0.5) is 0 Å². The average Bonchev–Trinajstić information content (AvgIpc) is 2.86. The van der Waals surface area contributed by atoms with Crippen molar-refractivity contribution in [3.05, 3.63) is 41.6 Å². The molecule has 1 atom stereocenters. The smallest absolute Gasteiger partial charge is 0.306 e. The number of ether oxygens (including phenoxy) is 1. The first-order chi connectivity index (χ1) is 10.7. The highest BCUT2D eigenvalue weighted by molar-refractivity contribution is 5.90. The van der Waals surface area contributed by atoms with Gasteiger partial charge in [-0.15, -0.1) is 0 Å². The zero-order valence-corrected chi connectivity index (χ0v) is 13.3. The number of benzene rings is 1. The Labute approximate surface area is 131 Å². The SMILES string of the molecule is CCOC(=O)CC1CCCC=C1c1[nH]c2ccccc2c1C. The van der Waals surface area contributed by atoms with Crippen LogP contribution in [0.1, 0.15) is 43.9 Å². The number of H-pyrrole nitrogens is 1. The zero-order valence-electron chi connectivity index (χ0n) is 13.3. The molecule has 0 saturated heterocycles. The molecular formula is C19H23NO2. The molecule has 0 bridgehead atoms. The molecule has 0 amide bonds. The largest absolute Gasteiger partial charge is 0.466 e. The average molecular weight is 297 g/mol. The first-order valence-corrected chi connectivity index (χ1v) is 8.14. The molecule has 2 aromatic rings. The highest BCUT2D eigenvalue weighted by atomic mass is 16.5. The van der Waals surface area contributed by atoms with Crippen molar-refractivity contribution in [3.63, 3.8) is 0 Å². The van der Waals surface area contributed by atoms with Gasteiger partial charge in [0.1, 0.15) is 0 Å².